The Morgan fingerprint density at radius 2 is 2.27 bits per heavy atom. The van der Waals surface area contributed by atoms with Crippen LogP contribution in [0.3, 0.4) is 0 Å². The minimum absolute atomic E-state index is 0.0122. The Morgan fingerprint density at radius 3 is 2.87 bits per heavy atom. The van der Waals surface area contributed by atoms with Crippen LogP contribution in [0.15, 0.2) is 18.2 Å². The molecule has 1 aromatic rings. The fourth-order valence-electron chi connectivity index (χ4n) is 1.37. The first-order valence-electron chi connectivity index (χ1n) is 4.80. The van der Waals surface area contributed by atoms with Gasteiger partial charge in [0.25, 0.3) is 0 Å². The van der Waals surface area contributed by atoms with E-state index in [1.54, 1.807) is 0 Å². The Balaban J connectivity index is 2.71. The second-order valence-corrected chi connectivity index (χ2v) is 4.11. The molecule has 1 unspecified atom stereocenters. The summed E-state index contributed by atoms with van der Waals surface area (Å²) < 4.78 is 0. The van der Waals surface area contributed by atoms with E-state index in [1.807, 2.05) is 32.0 Å². The molecule has 1 aromatic carbocycles. The number of hydrogen-bond acceptors (Lipinski definition) is 2. The molecule has 82 valence electrons. The van der Waals surface area contributed by atoms with Crippen molar-refractivity contribution in [2.45, 2.75) is 26.3 Å². The molecule has 1 rings (SSSR count). The van der Waals surface area contributed by atoms with Crippen LogP contribution in [-0.4, -0.2) is 11.9 Å². The first-order chi connectivity index (χ1) is 6.99. The zero-order valence-corrected chi connectivity index (χ0v) is 9.64. The fourth-order valence-corrected chi connectivity index (χ4v) is 1.54. The summed E-state index contributed by atoms with van der Waals surface area (Å²) in [6.45, 7) is 3.88. The molecule has 0 aromatic heterocycles. The number of nitrogens with one attached hydrogen (secondary N) is 1. The second kappa shape index (κ2) is 5.03. The van der Waals surface area contributed by atoms with Gasteiger partial charge in [0.2, 0.25) is 5.91 Å². The first kappa shape index (κ1) is 11.9. The SMILES string of the molecule is Cc1ccc(Cl)c(NC(C)CC(N)=O)c1. The molecule has 3 N–H and O–H groups in total. The molecule has 0 aliphatic heterocycles. The van der Waals surface area contributed by atoms with Crippen LogP contribution in [0.1, 0.15) is 18.9 Å². The van der Waals surface area contributed by atoms with Crippen LogP contribution < -0.4 is 11.1 Å². The van der Waals surface area contributed by atoms with E-state index in [2.05, 4.69) is 5.32 Å². The summed E-state index contributed by atoms with van der Waals surface area (Å²) in [4.78, 5) is 10.7. The number of benzene rings is 1. The maximum Gasteiger partial charge on any atom is 0.219 e. The van der Waals surface area contributed by atoms with E-state index >= 15 is 0 Å². The molecule has 0 heterocycles. The van der Waals surface area contributed by atoms with Gasteiger partial charge in [0, 0.05) is 12.5 Å². The minimum atomic E-state index is -0.321. The van der Waals surface area contributed by atoms with Gasteiger partial charge in [-0.2, -0.15) is 0 Å². The number of carbonyl (C=O) groups is 1. The molecular weight excluding hydrogens is 212 g/mol. The highest BCUT2D eigenvalue weighted by molar-refractivity contribution is 6.33. The molecule has 1 amide bonds. The van der Waals surface area contributed by atoms with Gasteiger partial charge in [-0.05, 0) is 31.5 Å². The summed E-state index contributed by atoms with van der Waals surface area (Å²) in [7, 11) is 0. The Kier molecular flexibility index (Phi) is 3.97. The lowest BCUT2D eigenvalue weighted by atomic mass is 10.2. The van der Waals surface area contributed by atoms with Crippen molar-refractivity contribution in [1.82, 2.24) is 0 Å². The minimum Gasteiger partial charge on any atom is -0.381 e. The Labute approximate surface area is 94.6 Å². The molecule has 0 saturated heterocycles. The maximum absolute atomic E-state index is 10.7. The van der Waals surface area contributed by atoms with Gasteiger partial charge in [0.05, 0.1) is 10.7 Å². The summed E-state index contributed by atoms with van der Waals surface area (Å²) in [5.74, 6) is -0.321. The van der Waals surface area contributed by atoms with Crippen molar-refractivity contribution in [3.8, 4) is 0 Å². The molecule has 0 spiro atoms. The Hall–Kier alpha value is -1.22. The van der Waals surface area contributed by atoms with E-state index in [-0.39, 0.29) is 11.9 Å². The molecule has 4 heteroatoms. The second-order valence-electron chi connectivity index (χ2n) is 3.70. The van der Waals surface area contributed by atoms with E-state index in [0.717, 1.165) is 11.3 Å². The largest absolute Gasteiger partial charge is 0.381 e. The van der Waals surface area contributed by atoms with Gasteiger partial charge in [0.1, 0.15) is 0 Å². The van der Waals surface area contributed by atoms with Crippen molar-refractivity contribution < 1.29 is 4.79 Å². The molecular formula is C11H15ClN2O. The smallest absolute Gasteiger partial charge is 0.219 e. The molecule has 0 fully saturated rings. The molecule has 1 atom stereocenters. The maximum atomic E-state index is 10.7. The standard InChI is InChI=1S/C11H15ClN2O/c1-7-3-4-9(12)10(5-7)14-8(2)6-11(13)15/h3-5,8,14H,6H2,1-2H3,(H2,13,15). The van der Waals surface area contributed by atoms with Crippen LogP contribution in [0.25, 0.3) is 0 Å². The van der Waals surface area contributed by atoms with E-state index in [4.69, 9.17) is 17.3 Å². The van der Waals surface area contributed by atoms with Gasteiger partial charge >= 0.3 is 0 Å². The molecule has 0 radical (unpaired) electrons. The van der Waals surface area contributed by atoms with Gasteiger partial charge in [-0.3, -0.25) is 4.79 Å². The van der Waals surface area contributed by atoms with Gasteiger partial charge in [-0.25, -0.2) is 0 Å². The number of carbonyl (C=O) groups excluding carboxylic acids is 1. The van der Waals surface area contributed by atoms with Crippen molar-refractivity contribution in [3.05, 3.63) is 28.8 Å². The zero-order chi connectivity index (χ0) is 11.4. The van der Waals surface area contributed by atoms with Crippen LogP contribution in [0, 0.1) is 6.92 Å². The highest BCUT2D eigenvalue weighted by atomic mass is 35.5. The van der Waals surface area contributed by atoms with Crippen molar-refractivity contribution >= 4 is 23.2 Å². The lowest BCUT2D eigenvalue weighted by Gasteiger charge is -2.15. The zero-order valence-electron chi connectivity index (χ0n) is 8.88. The summed E-state index contributed by atoms with van der Waals surface area (Å²) in [5, 5.41) is 3.80. The van der Waals surface area contributed by atoms with Crippen molar-refractivity contribution in [1.29, 1.82) is 0 Å². The monoisotopic (exact) mass is 226 g/mol. The van der Waals surface area contributed by atoms with Gasteiger partial charge in [-0.15, -0.1) is 0 Å². The Morgan fingerprint density at radius 1 is 1.60 bits per heavy atom. The average Bonchev–Trinajstić information content (AvgIpc) is 2.10. The first-order valence-corrected chi connectivity index (χ1v) is 5.18. The predicted octanol–water partition coefficient (Wildman–Crippen LogP) is 2.32. The molecule has 0 aliphatic carbocycles. The number of primary amides is 1. The van der Waals surface area contributed by atoms with Crippen molar-refractivity contribution in [2.24, 2.45) is 5.73 Å². The van der Waals surface area contributed by atoms with Crippen LogP contribution in [0.4, 0.5) is 5.69 Å². The summed E-state index contributed by atoms with van der Waals surface area (Å²) in [6.07, 6.45) is 0.296. The average molecular weight is 227 g/mol. The molecule has 15 heavy (non-hydrogen) atoms. The van der Waals surface area contributed by atoms with E-state index in [1.165, 1.54) is 0 Å². The van der Waals surface area contributed by atoms with Gasteiger partial charge < -0.3 is 11.1 Å². The normalized spacial score (nSPS) is 12.2. The van der Waals surface area contributed by atoms with Crippen LogP contribution in [0.5, 0.6) is 0 Å². The van der Waals surface area contributed by atoms with Crippen LogP contribution in [-0.2, 0) is 4.79 Å². The van der Waals surface area contributed by atoms with Gasteiger partial charge in [0.15, 0.2) is 0 Å². The van der Waals surface area contributed by atoms with Crippen molar-refractivity contribution in [2.75, 3.05) is 5.32 Å². The third kappa shape index (κ3) is 3.80. The van der Waals surface area contributed by atoms with Gasteiger partial charge in [-0.1, -0.05) is 17.7 Å². The lowest BCUT2D eigenvalue weighted by Crippen LogP contribution is -2.24. The van der Waals surface area contributed by atoms with E-state index in [0.29, 0.717) is 11.4 Å². The van der Waals surface area contributed by atoms with Crippen LogP contribution >= 0.6 is 11.6 Å². The summed E-state index contributed by atoms with van der Waals surface area (Å²) in [6, 6.07) is 5.70. The summed E-state index contributed by atoms with van der Waals surface area (Å²) in [5.41, 5.74) is 7.06. The molecule has 3 nitrogen and oxygen atoms in total. The lowest BCUT2D eigenvalue weighted by molar-refractivity contribution is -0.118. The highest BCUT2D eigenvalue weighted by Gasteiger charge is 2.07. The topological polar surface area (TPSA) is 55.1 Å². The fraction of sp³-hybridized carbons (Fsp3) is 0.364. The van der Waals surface area contributed by atoms with Crippen molar-refractivity contribution in [3.63, 3.8) is 0 Å². The summed E-state index contributed by atoms with van der Waals surface area (Å²) >= 11 is 6.00. The molecule has 0 aliphatic rings. The third-order valence-electron chi connectivity index (χ3n) is 2.03. The highest BCUT2D eigenvalue weighted by Crippen LogP contribution is 2.23. The number of anilines is 1. The number of aryl methyl sites for hydroxylation is 1. The molecule has 0 saturated carbocycles. The van der Waals surface area contributed by atoms with Crippen LogP contribution in [0.2, 0.25) is 5.02 Å². The predicted molar refractivity (Wildman–Crippen MR) is 63.1 cm³/mol. The van der Waals surface area contributed by atoms with E-state index in [9.17, 15) is 4.79 Å². The number of nitrogens with two attached hydrogens (primary N) is 1. The number of rotatable bonds is 4. The number of hydrogen-bond donors (Lipinski definition) is 2. The quantitative estimate of drug-likeness (QED) is 0.828. The Bertz CT molecular complexity index is 366. The molecule has 0 bridgehead atoms. The number of amides is 1. The number of halogens is 1. The van der Waals surface area contributed by atoms with E-state index < -0.39 is 0 Å². The third-order valence-corrected chi connectivity index (χ3v) is 2.36.